The van der Waals surface area contributed by atoms with Gasteiger partial charge in [-0.25, -0.2) is 22.9 Å². The Morgan fingerprint density at radius 1 is 1.04 bits per heavy atom. The van der Waals surface area contributed by atoms with Gasteiger partial charge in [-0.1, -0.05) is 37.5 Å². The summed E-state index contributed by atoms with van der Waals surface area (Å²) in [6.07, 6.45) is 11.6. The second-order valence-electron chi connectivity index (χ2n) is 14.7. The minimum atomic E-state index is -3.95. The Labute approximate surface area is 304 Å². The van der Waals surface area contributed by atoms with Crippen LogP contribution in [0.25, 0.3) is 0 Å². The fourth-order valence-electron chi connectivity index (χ4n) is 8.92. The fourth-order valence-corrected chi connectivity index (χ4v) is 9.83. The van der Waals surface area contributed by atoms with E-state index in [4.69, 9.17) is 4.74 Å². The lowest BCUT2D eigenvalue weighted by Crippen LogP contribution is -2.65. The van der Waals surface area contributed by atoms with Crippen molar-refractivity contribution in [3.05, 3.63) is 76.9 Å². The van der Waals surface area contributed by atoms with Crippen molar-refractivity contribution < 1.29 is 32.6 Å². The molecule has 2 bridgehead atoms. The number of carbonyl (C=O) groups is 3. The molecule has 14 heteroatoms. The van der Waals surface area contributed by atoms with Crippen LogP contribution in [-0.4, -0.2) is 84.4 Å². The number of nitrogens with zero attached hydrogens (tertiary/aromatic N) is 3. The number of piperidine rings is 1. The SMILES string of the molecule is CN1CC[C@]23c4c5ccc(O)c4O[C@H]2C(=O)CC[C@H]3[C@H]1C5.Cc1cnc(C(=O)NCCc2ccc(S(=O)(=O)NC(=O)NC3CCCCC3)cc2)cn1. The number of rotatable bonds is 7. The molecule has 5 aliphatic rings. The highest BCUT2D eigenvalue weighted by atomic mass is 32.2. The Morgan fingerprint density at radius 3 is 2.54 bits per heavy atom. The number of phenols is 1. The van der Waals surface area contributed by atoms with Crippen molar-refractivity contribution in [2.75, 3.05) is 20.1 Å². The first-order valence-electron chi connectivity index (χ1n) is 18.2. The lowest BCUT2D eigenvalue weighted by molar-refractivity contribution is -0.138. The molecule has 4 atom stereocenters. The van der Waals surface area contributed by atoms with Crippen LogP contribution in [-0.2, 0) is 33.1 Å². The third-order valence-electron chi connectivity index (χ3n) is 11.5. The molecule has 4 N–H and O–H groups in total. The molecule has 8 rings (SSSR count). The summed E-state index contributed by atoms with van der Waals surface area (Å²) in [5.74, 6) is 1.18. The Hall–Kier alpha value is -4.56. The highest BCUT2D eigenvalue weighted by Crippen LogP contribution is 2.62. The number of benzene rings is 2. The van der Waals surface area contributed by atoms with Crippen molar-refractivity contribution in [3.8, 4) is 11.5 Å². The molecule has 2 aliphatic heterocycles. The first kappa shape index (κ1) is 35.8. The summed E-state index contributed by atoms with van der Waals surface area (Å²) < 4.78 is 33.0. The molecule has 276 valence electrons. The van der Waals surface area contributed by atoms with E-state index in [0.717, 1.165) is 74.7 Å². The van der Waals surface area contributed by atoms with E-state index in [1.165, 1.54) is 30.1 Å². The Kier molecular flexibility index (Phi) is 9.96. The summed E-state index contributed by atoms with van der Waals surface area (Å²) in [5.41, 5.74) is 4.08. The van der Waals surface area contributed by atoms with E-state index in [1.54, 1.807) is 25.1 Å². The third kappa shape index (κ3) is 6.85. The smallest absolute Gasteiger partial charge is 0.328 e. The van der Waals surface area contributed by atoms with E-state index in [1.807, 2.05) is 6.07 Å². The van der Waals surface area contributed by atoms with Crippen LogP contribution in [0.1, 0.15) is 84.2 Å². The highest BCUT2D eigenvalue weighted by Gasteiger charge is 2.65. The van der Waals surface area contributed by atoms with Gasteiger partial charge in [0, 0.05) is 42.2 Å². The zero-order valence-corrected chi connectivity index (χ0v) is 30.4. The maximum atomic E-state index is 12.5. The van der Waals surface area contributed by atoms with Crippen LogP contribution in [0.5, 0.6) is 11.5 Å². The van der Waals surface area contributed by atoms with Crippen molar-refractivity contribution in [1.82, 2.24) is 30.2 Å². The van der Waals surface area contributed by atoms with Crippen LogP contribution >= 0.6 is 0 Å². The average Bonchev–Trinajstić information content (AvgIpc) is 3.49. The summed E-state index contributed by atoms with van der Waals surface area (Å²) in [6, 6.07) is 9.78. The van der Waals surface area contributed by atoms with Gasteiger partial charge in [-0.3, -0.25) is 14.6 Å². The lowest BCUT2D eigenvalue weighted by Gasteiger charge is -2.57. The van der Waals surface area contributed by atoms with E-state index in [0.29, 0.717) is 37.1 Å². The van der Waals surface area contributed by atoms with Gasteiger partial charge in [0.25, 0.3) is 15.9 Å². The van der Waals surface area contributed by atoms with E-state index in [2.05, 4.69) is 37.3 Å². The zero-order valence-electron chi connectivity index (χ0n) is 29.6. The van der Waals surface area contributed by atoms with Gasteiger partial charge in [0.1, 0.15) is 5.69 Å². The predicted octanol–water partition coefficient (Wildman–Crippen LogP) is 3.71. The van der Waals surface area contributed by atoms with Gasteiger partial charge in [-0.2, -0.15) is 0 Å². The molecular weight excluding hydrogens is 685 g/mol. The Balaban J connectivity index is 0.000000172. The normalized spacial score (nSPS) is 24.8. The number of ketones is 1. The molecule has 1 spiro atoms. The standard InChI is InChI=1S/C21H27N5O4S.C17H19NO3/c1-15-13-24-19(14-23-15)20(27)22-12-11-16-7-9-18(10-8-16)31(29,30)26-21(28)25-17-5-3-2-4-6-17;1-18-7-6-17-10-3-5-13(20)16(17)21-15-12(19)4-2-9(14(15)17)8-11(10)18/h7-10,13-14,17H,2-6,11-12H2,1H3,(H,22,27)(H2,25,26,28);2,4,10-11,16,19H,3,5-8H2,1H3/t;10-,11+,16-,17-/m.0/s1. The minimum absolute atomic E-state index is 0.00834. The summed E-state index contributed by atoms with van der Waals surface area (Å²) in [5, 5.41) is 15.7. The number of Topliss-reactive ketones (excluding diaryl/α,β-unsaturated/α-hetero) is 1. The molecule has 3 fully saturated rings. The monoisotopic (exact) mass is 730 g/mol. The maximum Gasteiger partial charge on any atom is 0.328 e. The minimum Gasteiger partial charge on any atom is -0.504 e. The number of nitrogens with one attached hydrogen (secondary N) is 3. The summed E-state index contributed by atoms with van der Waals surface area (Å²) >= 11 is 0. The molecule has 52 heavy (non-hydrogen) atoms. The second-order valence-corrected chi connectivity index (χ2v) is 16.4. The molecule has 2 saturated carbocycles. The highest BCUT2D eigenvalue weighted by molar-refractivity contribution is 7.90. The van der Waals surface area contributed by atoms with Gasteiger partial charge in [0.05, 0.1) is 16.8 Å². The van der Waals surface area contributed by atoms with Crippen LogP contribution in [0.4, 0.5) is 4.79 Å². The first-order chi connectivity index (χ1) is 25.0. The van der Waals surface area contributed by atoms with Crippen LogP contribution in [0, 0.1) is 12.8 Å². The average molecular weight is 731 g/mol. The summed E-state index contributed by atoms with van der Waals surface area (Å²) in [6.45, 7) is 3.16. The number of urea groups is 1. The second kappa shape index (κ2) is 14.5. The van der Waals surface area contributed by atoms with E-state index in [-0.39, 0.29) is 45.6 Å². The van der Waals surface area contributed by atoms with Crippen LogP contribution in [0.3, 0.4) is 0 Å². The Morgan fingerprint density at radius 2 is 1.81 bits per heavy atom. The number of phenolic OH excluding ortho intramolecular Hbond substituents is 1. The lowest BCUT2D eigenvalue weighted by atomic mass is 9.52. The van der Waals surface area contributed by atoms with Crippen LogP contribution in [0.2, 0.25) is 0 Å². The maximum absolute atomic E-state index is 12.5. The number of hydrogen-bond acceptors (Lipinski definition) is 10. The molecule has 3 heterocycles. The molecule has 1 aromatic heterocycles. The van der Waals surface area contributed by atoms with Gasteiger partial charge in [0.2, 0.25) is 0 Å². The fraction of sp³-hybridized carbons (Fsp3) is 0.500. The van der Waals surface area contributed by atoms with Crippen LogP contribution in [0.15, 0.2) is 53.7 Å². The summed E-state index contributed by atoms with van der Waals surface area (Å²) in [4.78, 5) is 47.1. The molecule has 0 radical (unpaired) electrons. The van der Waals surface area contributed by atoms with E-state index in [9.17, 15) is 27.9 Å². The summed E-state index contributed by atoms with van der Waals surface area (Å²) in [7, 11) is -1.75. The molecule has 1 saturated heterocycles. The van der Waals surface area contributed by atoms with Crippen molar-refractivity contribution in [2.24, 2.45) is 5.92 Å². The van der Waals surface area contributed by atoms with Crippen molar-refractivity contribution >= 4 is 27.7 Å². The van der Waals surface area contributed by atoms with E-state index >= 15 is 0 Å². The number of hydrogen-bond donors (Lipinski definition) is 4. The number of carbonyl (C=O) groups excluding carboxylic acids is 3. The predicted molar refractivity (Wildman–Crippen MR) is 192 cm³/mol. The number of aromatic hydroxyl groups is 1. The van der Waals surface area contributed by atoms with E-state index < -0.39 is 16.1 Å². The van der Waals surface area contributed by atoms with Crippen LogP contribution < -0.4 is 20.1 Å². The largest absolute Gasteiger partial charge is 0.504 e. The molecule has 0 unspecified atom stereocenters. The molecule has 13 nitrogen and oxygen atoms in total. The number of aryl methyl sites for hydroxylation is 1. The van der Waals surface area contributed by atoms with Gasteiger partial charge < -0.3 is 25.4 Å². The van der Waals surface area contributed by atoms with Gasteiger partial charge in [0.15, 0.2) is 23.4 Å². The quantitative estimate of drug-likeness (QED) is 0.280. The zero-order chi connectivity index (χ0) is 36.6. The molecule has 2 aromatic carbocycles. The topological polar surface area (TPSA) is 180 Å². The molecular formula is C38H46N6O7S. The Bertz CT molecular complexity index is 1950. The number of amides is 3. The molecule has 3 amide bonds. The van der Waals surface area contributed by atoms with Crippen molar-refractivity contribution in [1.29, 1.82) is 0 Å². The number of likely N-dealkylation sites (N-methyl/N-ethyl adjacent to an activating group) is 1. The van der Waals surface area contributed by atoms with Gasteiger partial charge in [-0.15, -0.1) is 0 Å². The third-order valence-corrected chi connectivity index (χ3v) is 12.8. The number of aromatic nitrogens is 2. The number of likely N-dealkylation sites (tertiary alicyclic amines) is 1. The number of ether oxygens (including phenoxy) is 1. The molecule has 3 aromatic rings. The first-order valence-corrected chi connectivity index (χ1v) is 19.7. The van der Waals surface area contributed by atoms with Gasteiger partial charge in [-0.05, 0) is 94.3 Å². The van der Waals surface area contributed by atoms with Gasteiger partial charge >= 0.3 is 6.03 Å². The number of sulfonamides is 1. The van der Waals surface area contributed by atoms with Crippen molar-refractivity contribution in [2.45, 2.75) is 99.6 Å². The molecule has 3 aliphatic carbocycles. The van der Waals surface area contributed by atoms with Crippen molar-refractivity contribution in [3.63, 3.8) is 0 Å².